The van der Waals surface area contributed by atoms with Gasteiger partial charge in [0.2, 0.25) is 0 Å². The van der Waals surface area contributed by atoms with E-state index in [9.17, 15) is 0 Å². The topological polar surface area (TPSA) is 12.5 Å². The van der Waals surface area contributed by atoms with Crippen LogP contribution in [0.1, 0.15) is 19.4 Å². The first-order chi connectivity index (χ1) is 7.06. The monoisotopic (exact) mass is 244 g/mol. The van der Waals surface area contributed by atoms with E-state index in [0.29, 0.717) is 28.2 Å². The Labute approximate surface area is 100 Å². The summed E-state index contributed by atoms with van der Waals surface area (Å²) in [6, 6.07) is 5.70. The quantitative estimate of drug-likeness (QED) is 0.734. The predicted molar refractivity (Wildman–Crippen MR) is 63.7 cm³/mol. The number of epoxide rings is 1. The van der Waals surface area contributed by atoms with E-state index in [4.69, 9.17) is 27.9 Å². The Morgan fingerprint density at radius 3 is 2.27 bits per heavy atom. The molecule has 1 aromatic rings. The summed E-state index contributed by atoms with van der Waals surface area (Å²) in [6.45, 7) is 4.30. The van der Waals surface area contributed by atoms with Gasteiger partial charge in [0.05, 0.1) is 12.2 Å². The van der Waals surface area contributed by atoms with Gasteiger partial charge in [-0.25, -0.2) is 0 Å². The molecular weight excluding hydrogens is 231 g/mol. The lowest BCUT2D eigenvalue weighted by Crippen LogP contribution is -2.08. The third kappa shape index (κ3) is 2.87. The molecule has 0 N–H and O–H groups in total. The fourth-order valence-electron chi connectivity index (χ4n) is 2.02. The SMILES string of the molecule is CC(Cc1cc(Cl)cc(Cl)c1)C1OC1C. The standard InChI is InChI=1S/C12H14Cl2O/c1-7(12-8(2)15-12)3-9-4-10(13)6-11(14)5-9/h4-8,12H,3H2,1-2H3. The summed E-state index contributed by atoms with van der Waals surface area (Å²) < 4.78 is 5.45. The van der Waals surface area contributed by atoms with Crippen molar-refractivity contribution in [1.29, 1.82) is 0 Å². The molecule has 1 aliphatic rings. The molecule has 1 saturated heterocycles. The van der Waals surface area contributed by atoms with Crippen LogP contribution in [0.3, 0.4) is 0 Å². The van der Waals surface area contributed by atoms with E-state index in [2.05, 4.69) is 13.8 Å². The third-order valence-corrected chi connectivity index (χ3v) is 3.24. The summed E-state index contributed by atoms with van der Waals surface area (Å²) in [7, 11) is 0. The maximum Gasteiger partial charge on any atom is 0.0867 e. The molecule has 1 nitrogen and oxygen atoms in total. The molecule has 0 bridgehead atoms. The van der Waals surface area contributed by atoms with E-state index >= 15 is 0 Å². The van der Waals surface area contributed by atoms with Crippen molar-refractivity contribution in [3.8, 4) is 0 Å². The zero-order valence-corrected chi connectivity index (χ0v) is 10.3. The first-order valence-electron chi connectivity index (χ1n) is 5.16. The Bertz CT molecular complexity index is 344. The van der Waals surface area contributed by atoms with Gasteiger partial charge in [0.25, 0.3) is 0 Å². The molecule has 2 rings (SSSR count). The molecule has 1 aliphatic heterocycles. The molecule has 1 fully saturated rings. The fraction of sp³-hybridized carbons (Fsp3) is 0.500. The van der Waals surface area contributed by atoms with Gasteiger partial charge in [0.1, 0.15) is 0 Å². The Morgan fingerprint density at radius 2 is 1.80 bits per heavy atom. The molecule has 3 atom stereocenters. The van der Waals surface area contributed by atoms with Gasteiger partial charge in [0, 0.05) is 10.0 Å². The fourth-order valence-corrected chi connectivity index (χ4v) is 2.59. The minimum Gasteiger partial charge on any atom is -0.370 e. The molecule has 1 heterocycles. The Hall–Kier alpha value is -0.240. The van der Waals surface area contributed by atoms with Gasteiger partial charge in [-0.2, -0.15) is 0 Å². The van der Waals surface area contributed by atoms with Gasteiger partial charge >= 0.3 is 0 Å². The first kappa shape index (κ1) is 11.3. The van der Waals surface area contributed by atoms with Crippen molar-refractivity contribution in [2.75, 3.05) is 0 Å². The van der Waals surface area contributed by atoms with Crippen molar-refractivity contribution >= 4 is 23.2 Å². The second-order valence-corrected chi connectivity index (χ2v) is 5.14. The van der Waals surface area contributed by atoms with Crippen LogP contribution in [0.25, 0.3) is 0 Å². The Balaban J connectivity index is 2.03. The van der Waals surface area contributed by atoms with Gasteiger partial charge < -0.3 is 4.74 Å². The number of hydrogen-bond donors (Lipinski definition) is 0. The van der Waals surface area contributed by atoms with Crippen molar-refractivity contribution in [1.82, 2.24) is 0 Å². The van der Waals surface area contributed by atoms with Gasteiger partial charge in [-0.05, 0) is 43.0 Å². The van der Waals surface area contributed by atoms with Crippen LogP contribution >= 0.6 is 23.2 Å². The molecular formula is C12H14Cl2O. The van der Waals surface area contributed by atoms with Crippen molar-refractivity contribution in [2.24, 2.45) is 5.92 Å². The van der Waals surface area contributed by atoms with Crippen LogP contribution in [0, 0.1) is 5.92 Å². The van der Waals surface area contributed by atoms with Gasteiger partial charge in [0.15, 0.2) is 0 Å². The van der Waals surface area contributed by atoms with Crippen molar-refractivity contribution < 1.29 is 4.74 Å². The first-order valence-corrected chi connectivity index (χ1v) is 5.92. The van der Waals surface area contributed by atoms with Crippen LogP contribution < -0.4 is 0 Å². The average Bonchev–Trinajstić information content (AvgIpc) is 2.80. The van der Waals surface area contributed by atoms with Crippen LogP contribution in [-0.2, 0) is 11.2 Å². The highest BCUT2D eigenvalue weighted by molar-refractivity contribution is 6.34. The highest BCUT2D eigenvalue weighted by Crippen LogP contribution is 2.31. The van der Waals surface area contributed by atoms with Crippen LogP contribution in [0.15, 0.2) is 18.2 Å². The van der Waals surface area contributed by atoms with Crippen molar-refractivity contribution in [3.63, 3.8) is 0 Å². The highest BCUT2D eigenvalue weighted by atomic mass is 35.5. The normalized spacial score (nSPS) is 26.4. The molecule has 15 heavy (non-hydrogen) atoms. The molecule has 82 valence electrons. The second-order valence-electron chi connectivity index (χ2n) is 4.26. The number of halogens is 2. The molecule has 3 heteroatoms. The van der Waals surface area contributed by atoms with E-state index in [1.807, 2.05) is 12.1 Å². The molecule has 1 aromatic carbocycles. The molecule has 3 unspecified atom stereocenters. The summed E-state index contributed by atoms with van der Waals surface area (Å²) in [5, 5.41) is 1.41. The number of benzene rings is 1. The molecule has 0 aliphatic carbocycles. The van der Waals surface area contributed by atoms with Crippen LogP contribution in [-0.4, -0.2) is 12.2 Å². The molecule has 0 saturated carbocycles. The molecule has 0 spiro atoms. The summed E-state index contributed by atoms with van der Waals surface area (Å²) >= 11 is 11.9. The summed E-state index contributed by atoms with van der Waals surface area (Å²) in [4.78, 5) is 0. The Morgan fingerprint density at radius 1 is 1.27 bits per heavy atom. The minimum absolute atomic E-state index is 0.405. The van der Waals surface area contributed by atoms with Gasteiger partial charge in [-0.1, -0.05) is 30.1 Å². The maximum absolute atomic E-state index is 5.94. The highest BCUT2D eigenvalue weighted by Gasteiger charge is 2.38. The largest absolute Gasteiger partial charge is 0.370 e. The van der Waals surface area contributed by atoms with Crippen LogP contribution in [0.2, 0.25) is 10.0 Å². The lowest BCUT2D eigenvalue weighted by molar-refractivity contribution is 0.328. The third-order valence-electron chi connectivity index (χ3n) is 2.80. The lowest BCUT2D eigenvalue weighted by atomic mass is 9.97. The Kier molecular flexibility index (Phi) is 3.24. The molecule has 0 radical (unpaired) electrons. The van der Waals surface area contributed by atoms with Crippen molar-refractivity contribution in [2.45, 2.75) is 32.5 Å². The van der Waals surface area contributed by atoms with E-state index in [-0.39, 0.29) is 0 Å². The second kappa shape index (κ2) is 4.32. The van der Waals surface area contributed by atoms with Gasteiger partial charge in [-0.15, -0.1) is 0 Å². The van der Waals surface area contributed by atoms with Crippen LogP contribution in [0.5, 0.6) is 0 Å². The minimum atomic E-state index is 0.405. The summed E-state index contributed by atoms with van der Waals surface area (Å²) in [5.74, 6) is 0.523. The summed E-state index contributed by atoms with van der Waals surface area (Å²) in [6.07, 6.45) is 1.78. The zero-order valence-electron chi connectivity index (χ0n) is 8.84. The number of ether oxygens (including phenoxy) is 1. The molecule has 0 amide bonds. The number of rotatable bonds is 3. The smallest absolute Gasteiger partial charge is 0.0867 e. The molecule has 0 aromatic heterocycles. The summed E-state index contributed by atoms with van der Waals surface area (Å²) in [5.41, 5.74) is 1.18. The van der Waals surface area contributed by atoms with E-state index < -0.39 is 0 Å². The van der Waals surface area contributed by atoms with E-state index in [1.165, 1.54) is 5.56 Å². The van der Waals surface area contributed by atoms with Crippen LogP contribution in [0.4, 0.5) is 0 Å². The number of hydrogen-bond acceptors (Lipinski definition) is 1. The van der Waals surface area contributed by atoms with E-state index in [1.54, 1.807) is 6.07 Å². The van der Waals surface area contributed by atoms with Gasteiger partial charge in [-0.3, -0.25) is 0 Å². The lowest BCUT2D eigenvalue weighted by Gasteiger charge is -2.09. The van der Waals surface area contributed by atoms with Crippen molar-refractivity contribution in [3.05, 3.63) is 33.8 Å². The van der Waals surface area contributed by atoms with E-state index in [0.717, 1.165) is 6.42 Å². The average molecular weight is 245 g/mol. The predicted octanol–water partition coefficient (Wildman–Crippen LogP) is 3.96. The zero-order chi connectivity index (χ0) is 11.0. The maximum atomic E-state index is 5.94.